The summed E-state index contributed by atoms with van der Waals surface area (Å²) in [7, 11) is 0. The Morgan fingerprint density at radius 1 is 1.36 bits per heavy atom. The van der Waals surface area contributed by atoms with Crippen LogP contribution in [0.15, 0.2) is 0 Å². The van der Waals surface area contributed by atoms with Crippen LogP contribution in [0.2, 0.25) is 0 Å². The van der Waals surface area contributed by atoms with Crippen molar-refractivity contribution in [2.75, 3.05) is 13.1 Å². The molecule has 0 aromatic rings. The highest BCUT2D eigenvalue weighted by atomic mass is 19.1. The summed E-state index contributed by atoms with van der Waals surface area (Å²) in [6.45, 7) is 6.38. The Balaban J connectivity index is 2.10. The Morgan fingerprint density at radius 3 is 2.71 bits per heavy atom. The standard InChI is InChI=1S/C12H24FN/c1-10(2)5-3-7-12(13)11-6-4-8-14-9-11/h10-12,14H,3-9H2,1-2H3. The van der Waals surface area contributed by atoms with Gasteiger partial charge in [-0.3, -0.25) is 0 Å². The molecule has 1 N–H and O–H groups in total. The summed E-state index contributed by atoms with van der Waals surface area (Å²) >= 11 is 0. The second-order valence-electron chi connectivity index (χ2n) is 4.95. The van der Waals surface area contributed by atoms with E-state index in [0.717, 1.165) is 38.8 Å². The first-order valence-corrected chi connectivity index (χ1v) is 6.05. The normalized spacial score (nSPS) is 25.3. The molecule has 14 heavy (non-hydrogen) atoms. The lowest BCUT2D eigenvalue weighted by Gasteiger charge is -2.25. The molecule has 0 saturated carbocycles. The molecule has 0 aliphatic carbocycles. The second kappa shape index (κ2) is 6.39. The molecular weight excluding hydrogens is 177 g/mol. The minimum atomic E-state index is -0.568. The fourth-order valence-electron chi connectivity index (χ4n) is 2.14. The topological polar surface area (TPSA) is 12.0 Å². The van der Waals surface area contributed by atoms with Gasteiger partial charge in [0.05, 0.1) is 0 Å². The van der Waals surface area contributed by atoms with Crippen LogP contribution in [0.5, 0.6) is 0 Å². The van der Waals surface area contributed by atoms with Gasteiger partial charge in [-0.2, -0.15) is 0 Å². The third kappa shape index (κ3) is 4.41. The Morgan fingerprint density at radius 2 is 2.14 bits per heavy atom. The lowest BCUT2D eigenvalue weighted by molar-refractivity contribution is 0.176. The van der Waals surface area contributed by atoms with Crippen molar-refractivity contribution in [1.29, 1.82) is 0 Å². The highest BCUT2D eigenvalue weighted by Gasteiger charge is 2.22. The van der Waals surface area contributed by atoms with Crippen molar-refractivity contribution in [2.24, 2.45) is 11.8 Å². The predicted molar refractivity (Wildman–Crippen MR) is 59.2 cm³/mol. The first-order valence-electron chi connectivity index (χ1n) is 6.05. The number of nitrogens with one attached hydrogen (secondary N) is 1. The van der Waals surface area contributed by atoms with Gasteiger partial charge in [-0.25, -0.2) is 4.39 Å². The number of piperidine rings is 1. The lowest BCUT2D eigenvalue weighted by Crippen LogP contribution is -2.35. The Labute approximate surface area is 87.5 Å². The van der Waals surface area contributed by atoms with Crippen LogP contribution < -0.4 is 5.32 Å². The molecule has 1 rings (SSSR count). The fourth-order valence-corrected chi connectivity index (χ4v) is 2.14. The molecule has 1 nitrogen and oxygen atoms in total. The van der Waals surface area contributed by atoms with Gasteiger partial charge in [-0.1, -0.05) is 26.7 Å². The van der Waals surface area contributed by atoms with Gasteiger partial charge in [0, 0.05) is 12.5 Å². The molecular formula is C12H24FN. The average Bonchev–Trinajstić information content (AvgIpc) is 2.18. The minimum absolute atomic E-state index is 0.288. The zero-order valence-corrected chi connectivity index (χ0v) is 9.56. The van der Waals surface area contributed by atoms with Crippen molar-refractivity contribution in [1.82, 2.24) is 5.32 Å². The van der Waals surface area contributed by atoms with Crippen molar-refractivity contribution in [3.05, 3.63) is 0 Å². The van der Waals surface area contributed by atoms with Crippen molar-refractivity contribution in [2.45, 2.75) is 52.1 Å². The SMILES string of the molecule is CC(C)CCCC(F)C1CCCNC1. The summed E-state index contributed by atoms with van der Waals surface area (Å²) in [4.78, 5) is 0. The molecule has 2 heteroatoms. The highest BCUT2D eigenvalue weighted by molar-refractivity contribution is 4.76. The zero-order valence-electron chi connectivity index (χ0n) is 9.56. The van der Waals surface area contributed by atoms with Crippen molar-refractivity contribution in [3.8, 4) is 0 Å². The van der Waals surface area contributed by atoms with Crippen molar-refractivity contribution < 1.29 is 4.39 Å². The number of hydrogen-bond donors (Lipinski definition) is 1. The minimum Gasteiger partial charge on any atom is -0.316 e. The van der Waals surface area contributed by atoms with Crippen LogP contribution in [-0.4, -0.2) is 19.3 Å². The first-order chi connectivity index (χ1) is 6.70. The number of halogens is 1. The van der Waals surface area contributed by atoms with Crippen LogP contribution in [-0.2, 0) is 0 Å². The molecule has 0 spiro atoms. The second-order valence-corrected chi connectivity index (χ2v) is 4.95. The molecule has 1 aliphatic rings. The number of alkyl halides is 1. The third-order valence-electron chi connectivity index (χ3n) is 3.11. The van der Waals surface area contributed by atoms with Crippen molar-refractivity contribution in [3.63, 3.8) is 0 Å². The maximum Gasteiger partial charge on any atom is 0.104 e. The van der Waals surface area contributed by atoms with E-state index in [1.165, 1.54) is 6.42 Å². The van der Waals surface area contributed by atoms with E-state index >= 15 is 0 Å². The largest absolute Gasteiger partial charge is 0.316 e. The highest BCUT2D eigenvalue weighted by Crippen LogP contribution is 2.22. The Hall–Kier alpha value is -0.110. The van der Waals surface area contributed by atoms with E-state index in [-0.39, 0.29) is 5.92 Å². The monoisotopic (exact) mass is 201 g/mol. The average molecular weight is 201 g/mol. The molecule has 84 valence electrons. The zero-order chi connectivity index (χ0) is 10.4. The molecule has 1 heterocycles. The van der Waals surface area contributed by atoms with Crippen LogP contribution in [0.4, 0.5) is 4.39 Å². The summed E-state index contributed by atoms with van der Waals surface area (Å²) in [6.07, 6.45) is 4.65. The molecule has 0 aromatic carbocycles. The maximum absolute atomic E-state index is 13.7. The van der Waals surface area contributed by atoms with Crippen LogP contribution in [0.1, 0.15) is 46.0 Å². The molecule has 1 fully saturated rings. The molecule has 0 radical (unpaired) electrons. The van der Waals surface area contributed by atoms with Gasteiger partial charge in [-0.05, 0) is 31.7 Å². The van der Waals surface area contributed by atoms with E-state index in [0.29, 0.717) is 5.92 Å². The fraction of sp³-hybridized carbons (Fsp3) is 1.00. The molecule has 1 aliphatic heterocycles. The van der Waals surface area contributed by atoms with Gasteiger partial charge in [-0.15, -0.1) is 0 Å². The molecule has 2 unspecified atom stereocenters. The van der Waals surface area contributed by atoms with E-state index in [4.69, 9.17) is 0 Å². The quantitative estimate of drug-likeness (QED) is 0.720. The lowest BCUT2D eigenvalue weighted by atomic mass is 9.91. The maximum atomic E-state index is 13.7. The van der Waals surface area contributed by atoms with Gasteiger partial charge < -0.3 is 5.32 Å². The number of rotatable bonds is 5. The van der Waals surface area contributed by atoms with Crippen molar-refractivity contribution >= 4 is 0 Å². The van der Waals surface area contributed by atoms with Crippen LogP contribution in [0.3, 0.4) is 0 Å². The smallest absolute Gasteiger partial charge is 0.104 e. The Kier molecular flexibility index (Phi) is 5.46. The van der Waals surface area contributed by atoms with Crippen LogP contribution in [0, 0.1) is 11.8 Å². The summed E-state index contributed by atoms with van der Waals surface area (Å²) in [5, 5.41) is 3.27. The van der Waals surface area contributed by atoms with E-state index < -0.39 is 6.17 Å². The van der Waals surface area contributed by atoms with Gasteiger partial charge in [0.15, 0.2) is 0 Å². The molecule has 0 aromatic heterocycles. The molecule has 1 saturated heterocycles. The molecule has 2 atom stereocenters. The van der Waals surface area contributed by atoms with Crippen LogP contribution in [0.25, 0.3) is 0 Å². The van der Waals surface area contributed by atoms with E-state index in [1.807, 2.05) is 0 Å². The summed E-state index contributed by atoms with van der Waals surface area (Å²) in [5.74, 6) is 1.00. The third-order valence-corrected chi connectivity index (χ3v) is 3.11. The van der Waals surface area contributed by atoms with Gasteiger partial charge in [0.1, 0.15) is 6.17 Å². The van der Waals surface area contributed by atoms with Gasteiger partial charge >= 0.3 is 0 Å². The predicted octanol–water partition coefficient (Wildman–Crippen LogP) is 3.15. The summed E-state index contributed by atoms with van der Waals surface area (Å²) < 4.78 is 13.7. The number of hydrogen-bond acceptors (Lipinski definition) is 1. The van der Waals surface area contributed by atoms with Gasteiger partial charge in [0.25, 0.3) is 0 Å². The van der Waals surface area contributed by atoms with E-state index in [9.17, 15) is 4.39 Å². The summed E-state index contributed by atoms with van der Waals surface area (Å²) in [6, 6.07) is 0. The Bertz CT molecular complexity index is 141. The van der Waals surface area contributed by atoms with Gasteiger partial charge in [0.2, 0.25) is 0 Å². The first kappa shape index (κ1) is 12.0. The van der Waals surface area contributed by atoms with E-state index in [2.05, 4.69) is 19.2 Å². The van der Waals surface area contributed by atoms with E-state index in [1.54, 1.807) is 0 Å². The molecule has 0 bridgehead atoms. The van der Waals surface area contributed by atoms with Crippen LogP contribution >= 0.6 is 0 Å². The summed E-state index contributed by atoms with van der Waals surface area (Å²) in [5.41, 5.74) is 0. The molecule has 0 amide bonds.